The van der Waals surface area contributed by atoms with E-state index in [1.807, 2.05) is 6.07 Å². The number of benzene rings is 1. The SMILES string of the molecule is C=CCN/C=C(/C#N)C(=O)Nc1cc(Cl)ccc1OC. The van der Waals surface area contributed by atoms with Crippen LogP contribution in [0.5, 0.6) is 5.75 Å². The Hall–Kier alpha value is -2.45. The number of carbonyl (C=O) groups excluding carboxylic acids is 1. The molecule has 0 radical (unpaired) electrons. The summed E-state index contributed by atoms with van der Waals surface area (Å²) in [5, 5.41) is 14.8. The molecule has 0 aliphatic carbocycles. The van der Waals surface area contributed by atoms with Crippen LogP contribution in [0.15, 0.2) is 42.6 Å². The van der Waals surface area contributed by atoms with E-state index in [1.165, 1.54) is 13.3 Å². The highest BCUT2D eigenvalue weighted by Crippen LogP contribution is 2.27. The molecule has 1 amide bonds. The van der Waals surface area contributed by atoms with Gasteiger partial charge in [-0.05, 0) is 18.2 Å². The maximum atomic E-state index is 12.0. The standard InChI is InChI=1S/C14H14ClN3O2/c1-3-6-17-9-10(8-16)14(19)18-12-7-11(15)4-5-13(12)20-2/h3-5,7,9,17H,1,6H2,2H3,(H,18,19)/b10-9-. The van der Waals surface area contributed by atoms with Crippen LogP contribution < -0.4 is 15.4 Å². The third kappa shape index (κ3) is 4.34. The lowest BCUT2D eigenvalue weighted by Crippen LogP contribution is -2.17. The number of ether oxygens (including phenoxy) is 1. The number of hydrogen-bond donors (Lipinski definition) is 2. The van der Waals surface area contributed by atoms with Gasteiger partial charge in [-0.15, -0.1) is 6.58 Å². The molecule has 0 aliphatic rings. The highest BCUT2D eigenvalue weighted by Gasteiger charge is 2.12. The summed E-state index contributed by atoms with van der Waals surface area (Å²) >= 11 is 5.86. The van der Waals surface area contributed by atoms with Crippen molar-refractivity contribution in [3.05, 3.63) is 47.6 Å². The Morgan fingerprint density at radius 1 is 1.60 bits per heavy atom. The van der Waals surface area contributed by atoms with E-state index in [-0.39, 0.29) is 5.57 Å². The van der Waals surface area contributed by atoms with Crippen LogP contribution in [0.2, 0.25) is 5.02 Å². The van der Waals surface area contributed by atoms with E-state index in [0.717, 1.165) is 0 Å². The van der Waals surface area contributed by atoms with Gasteiger partial charge in [0.15, 0.2) is 0 Å². The first-order chi connectivity index (χ1) is 9.62. The van der Waals surface area contributed by atoms with Gasteiger partial charge in [-0.25, -0.2) is 0 Å². The number of methoxy groups -OCH3 is 1. The van der Waals surface area contributed by atoms with Crippen LogP contribution in [0.4, 0.5) is 5.69 Å². The first-order valence-electron chi connectivity index (χ1n) is 5.71. The minimum atomic E-state index is -0.551. The van der Waals surface area contributed by atoms with E-state index in [4.69, 9.17) is 21.6 Å². The van der Waals surface area contributed by atoms with Crippen molar-refractivity contribution >= 4 is 23.2 Å². The Balaban J connectivity index is 2.89. The van der Waals surface area contributed by atoms with Crippen LogP contribution in [0, 0.1) is 11.3 Å². The molecule has 1 aromatic carbocycles. The summed E-state index contributed by atoms with van der Waals surface area (Å²) in [4.78, 5) is 12.0. The van der Waals surface area contributed by atoms with Crippen molar-refractivity contribution in [3.63, 3.8) is 0 Å². The molecule has 0 heterocycles. The van der Waals surface area contributed by atoms with Crippen LogP contribution in [0.1, 0.15) is 0 Å². The Kier molecular flexibility index (Phi) is 6.14. The normalized spacial score (nSPS) is 10.3. The molecule has 0 spiro atoms. The summed E-state index contributed by atoms with van der Waals surface area (Å²) in [6.45, 7) is 3.98. The van der Waals surface area contributed by atoms with E-state index in [0.29, 0.717) is 23.0 Å². The molecule has 1 aromatic rings. The van der Waals surface area contributed by atoms with Gasteiger partial charge in [0.05, 0.1) is 12.8 Å². The molecular weight excluding hydrogens is 278 g/mol. The molecule has 0 aromatic heterocycles. The first kappa shape index (κ1) is 15.6. The first-order valence-corrected chi connectivity index (χ1v) is 6.09. The summed E-state index contributed by atoms with van der Waals surface area (Å²) in [5.41, 5.74) is 0.337. The lowest BCUT2D eigenvalue weighted by molar-refractivity contribution is -0.112. The number of amides is 1. The molecule has 2 N–H and O–H groups in total. The van der Waals surface area contributed by atoms with Crippen molar-refractivity contribution in [2.75, 3.05) is 19.0 Å². The monoisotopic (exact) mass is 291 g/mol. The smallest absolute Gasteiger partial charge is 0.267 e. The maximum Gasteiger partial charge on any atom is 0.267 e. The van der Waals surface area contributed by atoms with Crippen LogP contribution >= 0.6 is 11.6 Å². The van der Waals surface area contributed by atoms with Gasteiger partial charge in [-0.2, -0.15) is 5.26 Å². The number of anilines is 1. The quantitative estimate of drug-likeness (QED) is 0.365. The molecular formula is C14H14ClN3O2. The van der Waals surface area contributed by atoms with Gasteiger partial charge in [0.1, 0.15) is 17.4 Å². The molecule has 6 heteroatoms. The number of hydrogen-bond acceptors (Lipinski definition) is 4. The molecule has 0 aliphatic heterocycles. The average molecular weight is 292 g/mol. The molecule has 0 fully saturated rings. The average Bonchev–Trinajstić information content (AvgIpc) is 2.44. The largest absolute Gasteiger partial charge is 0.495 e. The molecule has 0 unspecified atom stereocenters. The Labute approximate surface area is 122 Å². The zero-order valence-corrected chi connectivity index (χ0v) is 11.7. The lowest BCUT2D eigenvalue weighted by Gasteiger charge is -2.10. The zero-order chi connectivity index (χ0) is 15.0. The summed E-state index contributed by atoms with van der Waals surface area (Å²) in [7, 11) is 1.48. The number of nitrogens with one attached hydrogen (secondary N) is 2. The summed E-state index contributed by atoms with van der Waals surface area (Å²) in [6, 6.07) is 6.63. The van der Waals surface area contributed by atoms with Crippen molar-refractivity contribution in [3.8, 4) is 11.8 Å². The predicted molar refractivity (Wildman–Crippen MR) is 78.5 cm³/mol. The lowest BCUT2D eigenvalue weighted by atomic mass is 10.2. The molecule has 1 rings (SSSR count). The van der Waals surface area contributed by atoms with E-state index < -0.39 is 5.91 Å². The fraction of sp³-hybridized carbons (Fsp3) is 0.143. The molecule has 0 atom stereocenters. The van der Waals surface area contributed by atoms with E-state index >= 15 is 0 Å². The van der Waals surface area contributed by atoms with Crippen molar-refractivity contribution in [2.24, 2.45) is 0 Å². The van der Waals surface area contributed by atoms with Gasteiger partial charge in [-0.3, -0.25) is 4.79 Å². The van der Waals surface area contributed by atoms with Gasteiger partial charge >= 0.3 is 0 Å². The van der Waals surface area contributed by atoms with Gasteiger partial charge in [0, 0.05) is 17.8 Å². The Morgan fingerprint density at radius 3 is 2.95 bits per heavy atom. The van der Waals surface area contributed by atoms with Gasteiger partial charge in [0.25, 0.3) is 5.91 Å². The number of carbonyl (C=O) groups is 1. The number of nitrogens with zero attached hydrogens (tertiary/aromatic N) is 1. The Morgan fingerprint density at radius 2 is 2.35 bits per heavy atom. The molecule has 20 heavy (non-hydrogen) atoms. The zero-order valence-electron chi connectivity index (χ0n) is 10.9. The predicted octanol–water partition coefficient (Wildman–Crippen LogP) is 2.47. The topological polar surface area (TPSA) is 74.2 Å². The summed E-state index contributed by atoms with van der Waals surface area (Å²) in [5.74, 6) is -0.0938. The molecule has 5 nitrogen and oxygen atoms in total. The van der Waals surface area contributed by atoms with Crippen LogP contribution in [-0.2, 0) is 4.79 Å². The summed E-state index contributed by atoms with van der Waals surface area (Å²) in [6.07, 6.45) is 2.94. The van der Waals surface area contributed by atoms with E-state index in [2.05, 4.69) is 17.2 Å². The Bertz CT molecular complexity index is 576. The second-order valence-electron chi connectivity index (χ2n) is 3.67. The van der Waals surface area contributed by atoms with Crippen molar-refractivity contribution in [1.29, 1.82) is 5.26 Å². The third-order valence-corrected chi connectivity index (χ3v) is 2.52. The second kappa shape index (κ2) is 7.87. The van der Waals surface area contributed by atoms with Crippen molar-refractivity contribution < 1.29 is 9.53 Å². The fourth-order valence-corrected chi connectivity index (χ4v) is 1.53. The van der Waals surface area contributed by atoms with Crippen LogP contribution in [0.3, 0.4) is 0 Å². The minimum absolute atomic E-state index is 0.0612. The van der Waals surface area contributed by atoms with Crippen molar-refractivity contribution in [1.82, 2.24) is 5.32 Å². The number of halogens is 1. The fourth-order valence-electron chi connectivity index (χ4n) is 1.36. The molecule has 0 saturated carbocycles. The van der Waals surface area contributed by atoms with Gasteiger partial charge < -0.3 is 15.4 Å². The van der Waals surface area contributed by atoms with Crippen LogP contribution in [0.25, 0.3) is 0 Å². The highest BCUT2D eigenvalue weighted by atomic mass is 35.5. The highest BCUT2D eigenvalue weighted by molar-refractivity contribution is 6.31. The molecule has 0 bridgehead atoms. The summed E-state index contributed by atoms with van der Waals surface area (Å²) < 4.78 is 5.11. The minimum Gasteiger partial charge on any atom is -0.495 e. The molecule has 104 valence electrons. The molecule has 0 saturated heterocycles. The van der Waals surface area contributed by atoms with Gasteiger partial charge in [0.2, 0.25) is 0 Å². The van der Waals surface area contributed by atoms with E-state index in [9.17, 15) is 4.79 Å². The van der Waals surface area contributed by atoms with E-state index in [1.54, 1.807) is 24.3 Å². The van der Waals surface area contributed by atoms with Gasteiger partial charge in [-0.1, -0.05) is 17.7 Å². The second-order valence-corrected chi connectivity index (χ2v) is 4.10. The third-order valence-electron chi connectivity index (χ3n) is 2.28. The number of rotatable bonds is 6. The maximum absolute atomic E-state index is 12.0. The van der Waals surface area contributed by atoms with Crippen LogP contribution in [-0.4, -0.2) is 19.6 Å². The van der Waals surface area contributed by atoms with Crippen molar-refractivity contribution in [2.45, 2.75) is 0 Å². The number of nitriles is 1.